The molecule has 1 fully saturated rings. The molecule has 0 aliphatic carbocycles. The smallest absolute Gasteiger partial charge is 0.262 e. The number of fused-ring (bicyclic) bond motifs is 1. The van der Waals surface area contributed by atoms with Gasteiger partial charge in [0.05, 0.1) is 11.3 Å². The average molecular weight is 406 g/mol. The molecule has 152 valence electrons. The van der Waals surface area contributed by atoms with Crippen molar-refractivity contribution in [2.24, 2.45) is 5.92 Å². The Morgan fingerprint density at radius 1 is 1.17 bits per heavy atom. The summed E-state index contributed by atoms with van der Waals surface area (Å²) in [7, 11) is 0. The molecule has 1 unspecified atom stereocenters. The number of carbonyl (C=O) groups excluding carboxylic acids is 2. The molecule has 2 aromatic carbocycles. The van der Waals surface area contributed by atoms with Crippen LogP contribution in [0.1, 0.15) is 17.3 Å². The number of benzene rings is 2. The summed E-state index contributed by atoms with van der Waals surface area (Å²) in [5.74, 6) is -2.97. The third kappa shape index (κ3) is 3.85. The van der Waals surface area contributed by atoms with Crippen molar-refractivity contribution in [1.82, 2.24) is 4.90 Å². The summed E-state index contributed by atoms with van der Waals surface area (Å²) in [5.41, 5.74) is 0.0710. The third-order valence-corrected chi connectivity index (χ3v) is 4.95. The first-order valence-electron chi connectivity index (χ1n) is 8.98. The van der Waals surface area contributed by atoms with Gasteiger partial charge in [0, 0.05) is 43.3 Å². The summed E-state index contributed by atoms with van der Waals surface area (Å²) in [5, 5.41) is 2.54. The Hall–Kier alpha value is -3.23. The Balaban J connectivity index is 1.40. The summed E-state index contributed by atoms with van der Waals surface area (Å²) in [4.78, 5) is 25.5. The molecule has 4 rings (SSSR count). The van der Waals surface area contributed by atoms with E-state index in [1.165, 1.54) is 11.0 Å². The number of anilines is 1. The van der Waals surface area contributed by atoms with Crippen LogP contribution in [0.3, 0.4) is 0 Å². The highest BCUT2D eigenvalue weighted by Gasteiger charge is 2.37. The van der Waals surface area contributed by atoms with Crippen LogP contribution >= 0.6 is 0 Å². The number of amides is 2. The van der Waals surface area contributed by atoms with Crippen LogP contribution < -0.4 is 14.8 Å². The minimum absolute atomic E-state index is 0.0660. The van der Waals surface area contributed by atoms with Crippen LogP contribution in [0.25, 0.3) is 0 Å². The molecule has 2 aliphatic rings. The van der Waals surface area contributed by atoms with Crippen molar-refractivity contribution in [3.05, 3.63) is 53.3 Å². The van der Waals surface area contributed by atoms with E-state index in [2.05, 4.69) is 5.32 Å². The number of nitrogens with zero attached hydrogens (tertiary/aromatic N) is 1. The number of likely N-dealkylation sites (tertiary alicyclic amines) is 1. The van der Waals surface area contributed by atoms with Gasteiger partial charge < -0.3 is 19.7 Å². The van der Waals surface area contributed by atoms with Crippen LogP contribution in [-0.2, 0) is 4.79 Å². The van der Waals surface area contributed by atoms with Gasteiger partial charge in [0.15, 0.2) is 6.61 Å². The Bertz CT molecular complexity index is 972. The molecule has 2 aromatic rings. The second-order valence-electron chi connectivity index (χ2n) is 7.06. The van der Waals surface area contributed by atoms with Crippen molar-refractivity contribution in [1.29, 1.82) is 0 Å². The fourth-order valence-corrected chi connectivity index (χ4v) is 3.32. The van der Waals surface area contributed by atoms with Crippen LogP contribution in [-0.4, -0.2) is 42.5 Å². The molecule has 0 radical (unpaired) electrons. The highest BCUT2D eigenvalue weighted by Crippen LogP contribution is 2.32. The molecule has 1 saturated heterocycles. The van der Waals surface area contributed by atoms with Crippen molar-refractivity contribution in [3.8, 4) is 11.5 Å². The van der Waals surface area contributed by atoms with Crippen LogP contribution in [0.4, 0.5) is 18.9 Å². The number of hydrogen-bond acceptors (Lipinski definition) is 4. The quantitative estimate of drug-likeness (QED) is 0.848. The van der Waals surface area contributed by atoms with Gasteiger partial charge >= 0.3 is 0 Å². The Labute approximate surface area is 164 Å². The standard InChI is InChI=1S/C20H17F3N2O4/c1-10(29-14-3-12(21)2-13(22)4-14)11-7-25(8-11)20(27)15-5-17-18(6-16(15)23)28-9-19(26)24-17/h2-6,10-11H,7-9H2,1H3,(H,24,26). The first-order chi connectivity index (χ1) is 13.8. The van der Waals surface area contributed by atoms with E-state index in [1.54, 1.807) is 6.92 Å². The molecule has 2 heterocycles. The Morgan fingerprint density at radius 2 is 1.86 bits per heavy atom. The lowest BCUT2D eigenvalue weighted by molar-refractivity contribution is -0.118. The average Bonchev–Trinajstić information content (AvgIpc) is 2.59. The summed E-state index contributed by atoms with van der Waals surface area (Å²) in [6, 6.07) is 5.25. The maximum atomic E-state index is 14.3. The lowest BCUT2D eigenvalue weighted by Gasteiger charge is -2.42. The largest absolute Gasteiger partial charge is 0.490 e. The van der Waals surface area contributed by atoms with Gasteiger partial charge in [0.25, 0.3) is 11.8 Å². The first-order valence-corrected chi connectivity index (χ1v) is 8.98. The molecule has 2 aliphatic heterocycles. The monoisotopic (exact) mass is 406 g/mol. The lowest BCUT2D eigenvalue weighted by Crippen LogP contribution is -2.55. The minimum Gasteiger partial charge on any atom is -0.490 e. The van der Waals surface area contributed by atoms with Crippen molar-refractivity contribution >= 4 is 17.5 Å². The zero-order valence-electron chi connectivity index (χ0n) is 15.4. The van der Waals surface area contributed by atoms with Crippen molar-refractivity contribution < 1.29 is 32.2 Å². The maximum Gasteiger partial charge on any atom is 0.262 e. The molecule has 1 atom stereocenters. The summed E-state index contributed by atoms with van der Waals surface area (Å²) >= 11 is 0. The molecule has 0 aromatic heterocycles. The number of nitrogens with one attached hydrogen (secondary N) is 1. The highest BCUT2D eigenvalue weighted by atomic mass is 19.1. The van der Waals surface area contributed by atoms with E-state index in [9.17, 15) is 22.8 Å². The zero-order chi connectivity index (χ0) is 20.7. The van der Waals surface area contributed by atoms with Gasteiger partial charge in [-0.1, -0.05) is 0 Å². The van der Waals surface area contributed by atoms with E-state index in [1.807, 2.05) is 0 Å². The van der Waals surface area contributed by atoms with Crippen molar-refractivity contribution in [3.63, 3.8) is 0 Å². The van der Waals surface area contributed by atoms with Gasteiger partial charge in [-0.05, 0) is 13.0 Å². The fourth-order valence-electron chi connectivity index (χ4n) is 3.32. The molecule has 0 saturated carbocycles. The number of ether oxygens (including phenoxy) is 2. The molecular weight excluding hydrogens is 389 g/mol. The second-order valence-corrected chi connectivity index (χ2v) is 7.06. The Morgan fingerprint density at radius 3 is 2.55 bits per heavy atom. The molecule has 1 N–H and O–H groups in total. The van der Waals surface area contributed by atoms with Gasteiger partial charge in [0.1, 0.15) is 35.1 Å². The van der Waals surface area contributed by atoms with Gasteiger partial charge in [0.2, 0.25) is 0 Å². The van der Waals surface area contributed by atoms with Gasteiger partial charge in [-0.3, -0.25) is 9.59 Å². The zero-order valence-corrected chi connectivity index (χ0v) is 15.4. The topological polar surface area (TPSA) is 67.9 Å². The fraction of sp³-hybridized carbons (Fsp3) is 0.300. The van der Waals surface area contributed by atoms with E-state index in [0.29, 0.717) is 13.1 Å². The van der Waals surface area contributed by atoms with Gasteiger partial charge in [-0.25, -0.2) is 13.2 Å². The van der Waals surface area contributed by atoms with Gasteiger partial charge in [-0.2, -0.15) is 0 Å². The molecule has 2 amide bonds. The maximum absolute atomic E-state index is 14.3. The number of hydrogen-bond donors (Lipinski definition) is 1. The van der Waals surface area contributed by atoms with E-state index >= 15 is 0 Å². The number of halogens is 3. The number of rotatable bonds is 4. The van der Waals surface area contributed by atoms with Crippen LogP contribution in [0, 0.1) is 23.4 Å². The van der Waals surface area contributed by atoms with E-state index in [-0.39, 0.29) is 41.2 Å². The minimum atomic E-state index is -0.743. The van der Waals surface area contributed by atoms with Gasteiger partial charge in [-0.15, -0.1) is 0 Å². The number of carbonyl (C=O) groups is 2. The SMILES string of the molecule is CC(Oc1cc(F)cc(F)c1)C1CN(C(=O)c2cc3c(cc2F)OCC(=O)N3)C1. The van der Waals surface area contributed by atoms with Crippen LogP contribution in [0.2, 0.25) is 0 Å². The predicted molar refractivity (Wildman–Crippen MR) is 96.4 cm³/mol. The van der Waals surface area contributed by atoms with Crippen LogP contribution in [0.5, 0.6) is 11.5 Å². The molecule has 6 nitrogen and oxygen atoms in total. The molecule has 29 heavy (non-hydrogen) atoms. The summed E-state index contributed by atoms with van der Waals surface area (Å²) in [6.07, 6.45) is -0.402. The molecular formula is C20H17F3N2O4. The first kappa shape index (κ1) is 19.1. The predicted octanol–water partition coefficient (Wildman–Crippen LogP) is 2.97. The summed E-state index contributed by atoms with van der Waals surface area (Å²) < 4.78 is 51.6. The van der Waals surface area contributed by atoms with E-state index < -0.39 is 29.5 Å². The second kappa shape index (κ2) is 7.31. The van der Waals surface area contributed by atoms with Crippen molar-refractivity contribution in [2.45, 2.75) is 13.0 Å². The molecule has 0 spiro atoms. The van der Waals surface area contributed by atoms with E-state index in [0.717, 1.165) is 24.3 Å². The molecule has 0 bridgehead atoms. The van der Waals surface area contributed by atoms with Crippen LogP contribution in [0.15, 0.2) is 30.3 Å². The highest BCUT2D eigenvalue weighted by molar-refractivity contribution is 6.00. The van der Waals surface area contributed by atoms with Crippen molar-refractivity contribution in [2.75, 3.05) is 25.0 Å². The normalized spacial score (nSPS) is 17.0. The molecule has 9 heteroatoms. The Kier molecular flexibility index (Phi) is 4.81. The van der Waals surface area contributed by atoms with E-state index in [4.69, 9.17) is 9.47 Å². The third-order valence-electron chi connectivity index (χ3n) is 4.95. The lowest BCUT2D eigenvalue weighted by atomic mass is 9.93. The summed E-state index contributed by atoms with van der Waals surface area (Å²) in [6.45, 7) is 2.14.